The van der Waals surface area contributed by atoms with Gasteiger partial charge in [0, 0.05) is 18.3 Å². The summed E-state index contributed by atoms with van der Waals surface area (Å²) in [5.74, 6) is 0.672. The molecule has 30 heavy (non-hydrogen) atoms. The van der Waals surface area contributed by atoms with E-state index < -0.39 is 31.1 Å². The molecule has 10 nitrogen and oxygen atoms in total. The largest absolute Gasteiger partial charge is 0.394 e. The van der Waals surface area contributed by atoms with Gasteiger partial charge in [-0.05, 0) is 25.1 Å². The molecule has 4 heterocycles. The van der Waals surface area contributed by atoms with Gasteiger partial charge in [0.1, 0.15) is 24.6 Å². The molecule has 2 saturated heterocycles. The molecule has 2 aromatic heterocycles. The smallest absolute Gasteiger partial charge is 0.167 e. The lowest BCUT2D eigenvalue weighted by atomic mass is 10.1. The van der Waals surface area contributed by atoms with Crippen LogP contribution in [0, 0.1) is 0 Å². The van der Waals surface area contributed by atoms with E-state index in [4.69, 9.17) is 4.74 Å². The van der Waals surface area contributed by atoms with Gasteiger partial charge in [0.2, 0.25) is 0 Å². The Morgan fingerprint density at radius 3 is 2.67 bits per heavy atom. The Balaban J connectivity index is 1.59. The second-order valence-electron chi connectivity index (χ2n) is 7.60. The minimum absolute atomic E-state index is 0.213. The molecule has 5 atom stereocenters. The number of aliphatic hydroxyl groups excluding tert-OH is 3. The molecular formula is C20H24N6O4. The normalized spacial score (nSPS) is 29.0. The van der Waals surface area contributed by atoms with Crippen LogP contribution in [-0.4, -0.2) is 78.9 Å². The van der Waals surface area contributed by atoms with E-state index >= 15 is 0 Å². The number of rotatable bonds is 5. The molecule has 0 saturated carbocycles. The molecular weight excluding hydrogens is 388 g/mol. The summed E-state index contributed by atoms with van der Waals surface area (Å²) in [6.07, 6.45) is -0.200. The van der Waals surface area contributed by atoms with Gasteiger partial charge in [0.15, 0.2) is 23.2 Å². The minimum atomic E-state index is -1.21. The van der Waals surface area contributed by atoms with Crippen molar-refractivity contribution >= 4 is 22.7 Å². The van der Waals surface area contributed by atoms with Crippen LogP contribution in [0.2, 0.25) is 0 Å². The van der Waals surface area contributed by atoms with Crippen molar-refractivity contribution in [3.63, 3.8) is 0 Å². The van der Waals surface area contributed by atoms with Gasteiger partial charge in [-0.3, -0.25) is 4.57 Å². The number of ether oxygens (including phenoxy) is 1. The predicted octanol–water partition coefficient (Wildman–Crippen LogP) is -0.0622. The Labute approximate surface area is 172 Å². The second kappa shape index (κ2) is 7.89. The van der Waals surface area contributed by atoms with Gasteiger partial charge in [0.05, 0.1) is 12.9 Å². The topological polar surface area (TPSA) is 129 Å². The lowest BCUT2D eigenvalue weighted by molar-refractivity contribution is -0.0511. The van der Waals surface area contributed by atoms with Crippen LogP contribution >= 0.6 is 0 Å². The lowest BCUT2D eigenvalue weighted by Crippen LogP contribution is -2.34. The molecule has 158 valence electrons. The van der Waals surface area contributed by atoms with Crippen LogP contribution < -0.4 is 10.2 Å². The van der Waals surface area contributed by atoms with Gasteiger partial charge in [0.25, 0.3) is 0 Å². The molecule has 2 fully saturated rings. The highest BCUT2D eigenvalue weighted by atomic mass is 16.6. The highest BCUT2D eigenvalue weighted by Crippen LogP contribution is 2.35. The molecule has 0 spiro atoms. The van der Waals surface area contributed by atoms with Gasteiger partial charge in [-0.15, -0.1) is 0 Å². The van der Waals surface area contributed by atoms with Crippen LogP contribution in [-0.2, 0) is 4.74 Å². The van der Waals surface area contributed by atoms with E-state index in [1.54, 1.807) is 4.57 Å². The summed E-state index contributed by atoms with van der Waals surface area (Å²) in [4.78, 5) is 15.6. The number of fused-ring (bicyclic) bond motifs is 1. The number of aromatic nitrogens is 4. The van der Waals surface area contributed by atoms with Crippen molar-refractivity contribution in [2.24, 2.45) is 0 Å². The number of hydrogen-bond acceptors (Lipinski definition) is 9. The van der Waals surface area contributed by atoms with Gasteiger partial charge < -0.3 is 30.3 Å². The molecule has 0 aliphatic carbocycles. The summed E-state index contributed by atoms with van der Waals surface area (Å²) >= 11 is 0. The fraction of sp³-hybridized carbons (Fsp3) is 0.450. The number of aliphatic hydroxyl groups is 3. The first-order chi connectivity index (χ1) is 14.7. The van der Waals surface area contributed by atoms with Gasteiger partial charge in [-0.25, -0.2) is 15.0 Å². The van der Waals surface area contributed by atoms with Crippen molar-refractivity contribution in [2.45, 2.75) is 37.0 Å². The number of para-hydroxylation sites is 1. The van der Waals surface area contributed by atoms with Crippen molar-refractivity contribution in [1.82, 2.24) is 24.8 Å². The molecule has 0 bridgehead atoms. The molecule has 10 heteroatoms. The molecule has 1 aromatic carbocycles. The molecule has 5 rings (SSSR count). The highest BCUT2D eigenvalue weighted by molar-refractivity contribution is 5.86. The van der Waals surface area contributed by atoms with Crippen LogP contribution in [0.25, 0.3) is 11.2 Å². The van der Waals surface area contributed by atoms with Crippen LogP contribution in [0.4, 0.5) is 11.5 Å². The summed E-state index contributed by atoms with van der Waals surface area (Å²) in [5.41, 5.74) is 2.07. The second-order valence-corrected chi connectivity index (χ2v) is 7.60. The summed E-state index contributed by atoms with van der Waals surface area (Å²) < 4.78 is 7.24. The maximum Gasteiger partial charge on any atom is 0.167 e. The predicted molar refractivity (Wildman–Crippen MR) is 108 cm³/mol. The maximum atomic E-state index is 10.4. The van der Waals surface area contributed by atoms with E-state index in [9.17, 15) is 15.3 Å². The quantitative estimate of drug-likeness (QED) is 0.455. The zero-order chi connectivity index (χ0) is 20.7. The fourth-order valence-corrected chi connectivity index (χ4v) is 4.27. The maximum absolute atomic E-state index is 10.4. The number of nitrogens with zero attached hydrogens (tertiary/aromatic N) is 5. The third-order valence-corrected chi connectivity index (χ3v) is 5.79. The third kappa shape index (κ3) is 3.13. The van der Waals surface area contributed by atoms with E-state index in [0.29, 0.717) is 17.0 Å². The Kier molecular flexibility index (Phi) is 5.09. The van der Waals surface area contributed by atoms with Gasteiger partial charge >= 0.3 is 0 Å². The van der Waals surface area contributed by atoms with Crippen molar-refractivity contribution in [3.05, 3.63) is 43.0 Å². The Morgan fingerprint density at radius 2 is 1.97 bits per heavy atom. The van der Waals surface area contributed by atoms with Crippen LogP contribution in [0.15, 0.2) is 43.0 Å². The zero-order valence-electron chi connectivity index (χ0n) is 16.2. The SMILES string of the molecule is OC[C@H]1O[C@@H](n2cnc3c(N(c4ccccc4)[C@H]4CCNC4)ncnc32)[C@H](O)[C@@H]1O. The Morgan fingerprint density at radius 1 is 1.13 bits per heavy atom. The molecule has 0 unspecified atom stereocenters. The molecule has 2 aliphatic rings. The highest BCUT2D eigenvalue weighted by Gasteiger charge is 2.44. The van der Waals surface area contributed by atoms with Crippen LogP contribution in [0.5, 0.6) is 0 Å². The molecule has 2 aliphatic heterocycles. The zero-order valence-corrected chi connectivity index (χ0v) is 16.2. The van der Waals surface area contributed by atoms with Gasteiger partial charge in [-0.2, -0.15) is 0 Å². The van der Waals surface area contributed by atoms with E-state index in [2.05, 4.69) is 25.2 Å². The lowest BCUT2D eigenvalue weighted by Gasteiger charge is -2.29. The number of anilines is 2. The molecule has 3 aromatic rings. The van der Waals surface area contributed by atoms with E-state index in [1.807, 2.05) is 30.3 Å². The van der Waals surface area contributed by atoms with Crippen molar-refractivity contribution in [1.29, 1.82) is 0 Å². The van der Waals surface area contributed by atoms with Gasteiger partial charge in [-0.1, -0.05) is 18.2 Å². The van der Waals surface area contributed by atoms with Crippen molar-refractivity contribution in [2.75, 3.05) is 24.6 Å². The Bertz CT molecular complexity index is 1010. The Hall–Kier alpha value is -2.63. The average molecular weight is 412 g/mol. The van der Waals surface area contributed by atoms with Crippen molar-refractivity contribution < 1.29 is 20.1 Å². The summed E-state index contributed by atoms with van der Waals surface area (Å²) in [5, 5.41) is 33.3. The first-order valence-corrected chi connectivity index (χ1v) is 10.0. The minimum Gasteiger partial charge on any atom is -0.394 e. The number of imidazole rings is 1. The standard InChI is InChI=1S/C20H24N6O4/c27-9-14-16(28)17(29)20(30-14)25-11-24-15-18(25)22-10-23-19(15)26(13-6-7-21-8-13)12-4-2-1-3-5-12/h1-5,10-11,13-14,16-17,20-21,27-29H,6-9H2/t13-,14+,16+,17+,20+/m0/s1. The number of nitrogens with one attached hydrogen (secondary N) is 1. The molecule has 4 N–H and O–H groups in total. The third-order valence-electron chi connectivity index (χ3n) is 5.79. The first-order valence-electron chi connectivity index (χ1n) is 10.0. The molecule has 0 amide bonds. The van der Waals surface area contributed by atoms with Crippen LogP contribution in [0.3, 0.4) is 0 Å². The first kappa shape index (κ1) is 19.3. The van der Waals surface area contributed by atoms with E-state index in [1.165, 1.54) is 12.7 Å². The fourth-order valence-electron chi connectivity index (χ4n) is 4.27. The molecule has 0 radical (unpaired) electrons. The average Bonchev–Trinajstić information content (AvgIpc) is 3.51. The van der Waals surface area contributed by atoms with E-state index in [-0.39, 0.29) is 6.04 Å². The number of benzene rings is 1. The van der Waals surface area contributed by atoms with Crippen LogP contribution in [0.1, 0.15) is 12.6 Å². The van der Waals surface area contributed by atoms with Crippen molar-refractivity contribution in [3.8, 4) is 0 Å². The summed E-state index contributed by atoms with van der Waals surface area (Å²) in [6.45, 7) is 1.37. The summed E-state index contributed by atoms with van der Waals surface area (Å²) in [6, 6.07) is 10.2. The monoisotopic (exact) mass is 412 g/mol. The van der Waals surface area contributed by atoms with E-state index in [0.717, 1.165) is 25.2 Å². The summed E-state index contributed by atoms with van der Waals surface area (Å²) in [7, 11) is 0. The number of hydrogen-bond donors (Lipinski definition) is 4.